The fraction of sp³-hybridized carbons (Fsp3) is 0.667. The number of nitrogens with one attached hydrogen (secondary N) is 1. The van der Waals surface area contributed by atoms with Crippen molar-refractivity contribution in [1.29, 1.82) is 0 Å². The number of carbonyl (C=O) groups excluding carboxylic acids is 3. The molecule has 0 spiro atoms. The highest BCUT2D eigenvalue weighted by Crippen LogP contribution is 2.38. The zero-order valence-electron chi connectivity index (χ0n) is 17.2. The Kier molecular flexibility index (Phi) is 6.36. The Hall–Kier alpha value is -1.64. The first-order valence-corrected chi connectivity index (χ1v) is 12.0. The second kappa shape index (κ2) is 8.85. The van der Waals surface area contributed by atoms with Gasteiger partial charge in [0.15, 0.2) is 0 Å². The quantitative estimate of drug-likeness (QED) is 0.668. The number of amides is 4. The predicted molar refractivity (Wildman–Crippen MR) is 115 cm³/mol. The molecule has 3 aliphatic rings. The van der Waals surface area contributed by atoms with Gasteiger partial charge in [0.2, 0.25) is 0 Å². The van der Waals surface area contributed by atoms with Crippen LogP contribution in [0.5, 0.6) is 0 Å². The highest BCUT2D eigenvalue weighted by atomic mass is 35.5. The Morgan fingerprint density at radius 2 is 2.10 bits per heavy atom. The molecule has 0 saturated carbocycles. The Bertz CT molecular complexity index is 817. The van der Waals surface area contributed by atoms with E-state index >= 15 is 0 Å². The third-order valence-corrected chi connectivity index (χ3v) is 7.88. The van der Waals surface area contributed by atoms with Crippen LogP contribution in [-0.4, -0.2) is 65.5 Å². The molecule has 3 fully saturated rings. The third-order valence-electron chi connectivity index (χ3n) is 6.55. The lowest BCUT2D eigenvalue weighted by atomic mass is 9.74. The molecular formula is C21H28ClN3O4S. The van der Waals surface area contributed by atoms with Crippen molar-refractivity contribution in [2.75, 3.05) is 26.2 Å². The highest BCUT2D eigenvalue weighted by molar-refractivity contribution is 7.12. The molecule has 1 aromatic rings. The lowest BCUT2D eigenvalue weighted by Gasteiger charge is -2.41. The maximum atomic E-state index is 13.5. The van der Waals surface area contributed by atoms with Crippen LogP contribution in [-0.2, 0) is 9.53 Å². The summed E-state index contributed by atoms with van der Waals surface area (Å²) >= 11 is 7.47. The molecular weight excluding hydrogens is 426 g/mol. The van der Waals surface area contributed by atoms with Crippen LogP contribution in [0.2, 0.25) is 5.02 Å². The molecule has 9 heteroatoms. The van der Waals surface area contributed by atoms with Gasteiger partial charge in [-0.1, -0.05) is 24.9 Å². The molecule has 0 unspecified atom stereocenters. The number of imide groups is 1. The molecule has 164 valence electrons. The van der Waals surface area contributed by atoms with Crippen LogP contribution in [0.4, 0.5) is 4.79 Å². The highest BCUT2D eigenvalue weighted by Gasteiger charge is 2.55. The van der Waals surface area contributed by atoms with Crippen LogP contribution in [0.1, 0.15) is 55.1 Å². The van der Waals surface area contributed by atoms with E-state index in [0.29, 0.717) is 55.4 Å². The van der Waals surface area contributed by atoms with E-state index < -0.39 is 5.54 Å². The van der Waals surface area contributed by atoms with Crippen LogP contribution in [0, 0.1) is 5.92 Å². The molecule has 4 heterocycles. The van der Waals surface area contributed by atoms with Crippen molar-refractivity contribution in [2.24, 2.45) is 5.92 Å². The van der Waals surface area contributed by atoms with Crippen LogP contribution in [0.15, 0.2) is 11.4 Å². The zero-order chi connectivity index (χ0) is 21.3. The number of thiophene rings is 1. The number of rotatable bonds is 6. The van der Waals surface area contributed by atoms with Crippen molar-refractivity contribution in [3.8, 4) is 0 Å². The van der Waals surface area contributed by atoms with Gasteiger partial charge in [-0.2, -0.15) is 0 Å². The topological polar surface area (TPSA) is 79.0 Å². The Morgan fingerprint density at radius 1 is 1.33 bits per heavy atom. The molecule has 0 aliphatic carbocycles. The standard InChI is InChI=1S/C21H28ClN3O4S/c1-2-8-21(19(27)25(20(28)23-21)13-15-4-3-11-29-15)14-5-9-24(10-6-14)18(26)17-16(22)7-12-30-17/h7,12,14-15H,2-6,8-11,13H2,1H3,(H,23,28)/t15-,21+/m1/s1. The lowest BCUT2D eigenvalue weighted by molar-refractivity contribution is -0.135. The number of hydrogen-bond donors (Lipinski definition) is 1. The number of piperidine rings is 1. The van der Waals surface area contributed by atoms with E-state index in [-0.39, 0.29) is 29.9 Å². The van der Waals surface area contributed by atoms with Gasteiger partial charge in [-0.05, 0) is 49.5 Å². The minimum atomic E-state index is -0.875. The van der Waals surface area contributed by atoms with Crippen LogP contribution in [0.25, 0.3) is 0 Å². The summed E-state index contributed by atoms with van der Waals surface area (Å²) in [6.07, 6.45) is 4.53. The molecule has 2 atom stereocenters. The van der Waals surface area contributed by atoms with Gasteiger partial charge in [0.25, 0.3) is 11.8 Å². The lowest BCUT2D eigenvalue weighted by Crippen LogP contribution is -2.56. The van der Waals surface area contributed by atoms with Crippen molar-refractivity contribution in [2.45, 2.75) is 57.1 Å². The van der Waals surface area contributed by atoms with Gasteiger partial charge >= 0.3 is 6.03 Å². The first kappa shape index (κ1) is 21.6. The molecule has 3 aliphatic heterocycles. The maximum absolute atomic E-state index is 13.5. The SMILES string of the molecule is CCC[C@@]1(C2CCN(C(=O)c3sccc3Cl)CC2)NC(=O)N(C[C@H]2CCCO2)C1=O. The number of urea groups is 1. The summed E-state index contributed by atoms with van der Waals surface area (Å²) in [7, 11) is 0. The molecule has 4 amide bonds. The molecule has 0 radical (unpaired) electrons. The van der Waals surface area contributed by atoms with Gasteiger partial charge in [-0.3, -0.25) is 14.5 Å². The summed E-state index contributed by atoms with van der Waals surface area (Å²) in [5.41, 5.74) is -0.875. The molecule has 1 N–H and O–H groups in total. The van der Waals surface area contributed by atoms with Gasteiger partial charge in [-0.15, -0.1) is 11.3 Å². The van der Waals surface area contributed by atoms with Crippen LogP contribution in [0.3, 0.4) is 0 Å². The molecule has 0 bridgehead atoms. The summed E-state index contributed by atoms with van der Waals surface area (Å²) in [5.74, 6) is -0.179. The monoisotopic (exact) mass is 453 g/mol. The fourth-order valence-electron chi connectivity index (χ4n) is 5.01. The zero-order valence-corrected chi connectivity index (χ0v) is 18.8. The minimum absolute atomic E-state index is 0.00579. The van der Waals surface area contributed by atoms with E-state index in [1.54, 1.807) is 11.0 Å². The van der Waals surface area contributed by atoms with Crippen molar-refractivity contribution in [3.05, 3.63) is 21.3 Å². The molecule has 1 aromatic heterocycles. The fourth-order valence-corrected chi connectivity index (χ4v) is 6.12. The van der Waals surface area contributed by atoms with Gasteiger partial charge in [0.1, 0.15) is 10.4 Å². The number of ether oxygens (including phenoxy) is 1. The third kappa shape index (κ3) is 3.85. The van der Waals surface area contributed by atoms with Crippen LogP contribution < -0.4 is 5.32 Å². The van der Waals surface area contributed by atoms with E-state index in [4.69, 9.17) is 16.3 Å². The molecule has 30 heavy (non-hydrogen) atoms. The molecule has 7 nitrogen and oxygen atoms in total. The normalized spacial score (nSPS) is 27.7. The van der Waals surface area contributed by atoms with Crippen molar-refractivity contribution in [3.63, 3.8) is 0 Å². The summed E-state index contributed by atoms with van der Waals surface area (Å²) in [4.78, 5) is 42.7. The Balaban J connectivity index is 1.45. The molecule has 3 saturated heterocycles. The first-order chi connectivity index (χ1) is 14.5. The smallest absolute Gasteiger partial charge is 0.325 e. The second-order valence-electron chi connectivity index (χ2n) is 8.37. The van der Waals surface area contributed by atoms with E-state index in [0.717, 1.165) is 19.3 Å². The van der Waals surface area contributed by atoms with Crippen molar-refractivity contribution < 1.29 is 19.1 Å². The average Bonchev–Trinajstić information content (AvgIpc) is 3.46. The maximum Gasteiger partial charge on any atom is 0.325 e. The van der Waals surface area contributed by atoms with Gasteiger partial charge in [0, 0.05) is 19.7 Å². The van der Waals surface area contributed by atoms with E-state index in [9.17, 15) is 14.4 Å². The summed E-state index contributed by atoms with van der Waals surface area (Å²) in [5, 5.41) is 5.35. The number of halogens is 1. The average molecular weight is 454 g/mol. The number of hydrogen-bond acceptors (Lipinski definition) is 5. The first-order valence-electron chi connectivity index (χ1n) is 10.7. The number of carbonyl (C=O) groups is 3. The number of nitrogens with zero attached hydrogens (tertiary/aromatic N) is 2. The predicted octanol–water partition coefficient (Wildman–Crippen LogP) is 3.52. The van der Waals surface area contributed by atoms with Gasteiger partial charge in [-0.25, -0.2) is 4.79 Å². The van der Waals surface area contributed by atoms with Gasteiger partial charge in [0.05, 0.1) is 17.7 Å². The van der Waals surface area contributed by atoms with Crippen LogP contribution >= 0.6 is 22.9 Å². The summed E-state index contributed by atoms with van der Waals surface area (Å²) < 4.78 is 5.64. The largest absolute Gasteiger partial charge is 0.376 e. The van der Waals surface area contributed by atoms with E-state index in [1.165, 1.54) is 16.2 Å². The van der Waals surface area contributed by atoms with Gasteiger partial charge < -0.3 is 15.0 Å². The second-order valence-corrected chi connectivity index (χ2v) is 9.69. The Labute approximate surface area is 185 Å². The van der Waals surface area contributed by atoms with Crippen molar-refractivity contribution >= 4 is 40.8 Å². The van der Waals surface area contributed by atoms with E-state index in [1.807, 2.05) is 12.3 Å². The molecule has 4 rings (SSSR count). The molecule has 0 aromatic carbocycles. The van der Waals surface area contributed by atoms with Crippen molar-refractivity contribution in [1.82, 2.24) is 15.1 Å². The summed E-state index contributed by atoms with van der Waals surface area (Å²) in [6, 6.07) is 1.42. The number of likely N-dealkylation sites (tertiary alicyclic amines) is 1. The van der Waals surface area contributed by atoms with E-state index in [2.05, 4.69) is 5.32 Å². The minimum Gasteiger partial charge on any atom is -0.376 e. The Morgan fingerprint density at radius 3 is 2.70 bits per heavy atom. The summed E-state index contributed by atoms with van der Waals surface area (Å²) in [6.45, 7) is 4.15.